The van der Waals surface area contributed by atoms with Gasteiger partial charge in [0.15, 0.2) is 0 Å². The summed E-state index contributed by atoms with van der Waals surface area (Å²) in [7, 11) is 4.69. The number of nitrogens with zero attached hydrogens (tertiary/aromatic N) is 1. The highest BCUT2D eigenvalue weighted by Gasteiger charge is 2.20. The van der Waals surface area contributed by atoms with E-state index in [4.69, 9.17) is 0 Å². The monoisotopic (exact) mass is 142 g/mol. The number of rotatable bonds is 0. The maximum atomic E-state index is 2.38. The first-order valence-electron chi connectivity index (χ1n) is 4.42. The van der Waals surface area contributed by atoms with Gasteiger partial charge in [-0.05, 0) is 25.2 Å². The molecule has 1 saturated heterocycles. The van der Waals surface area contributed by atoms with Gasteiger partial charge in [-0.25, -0.2) is 0 Å². The van der Waals surface area contributed by atoms with Gasteiger partial charge in [0, 0.05) is 0 Å². The molecule has 0 saturated carbocycles. The average molecular weight is 142 g/mol. The largest absolute Gasteiger partial charge is 0.328 e. The lowest BCUT2D eigenvalue weighted by Gasteiger charge is -2.27. The van der Waals surface area contributed by atoms with Crippen molar-refractivity contribution in [2.45, 2.75) is 26.2 Å². The molecule has 1 nitrogen and oxygen atoms in total. The van der Waals surface area contributed by atoms with E-state index in [1.807, 2.05) is 0 Å². The molecule has 0 bridgehead atoms. The lowest BCUT2D eigenvalue weighted by molar-refractivity contribution is -0.889. The molecule has 1 unspecified atom stereocenters. The first-order valence-corrected chi connectivity index (χ1v) is 4.42. The van der Waals surface area contributed by atoms with Crippen LogP contribution in [0.25, 0.3) is 0 Å². The second kappa shape index (κ2) is 2.91. The summed E-state index contributed by atoms with van der Waals surface area (Å²) in [5.74, 6) is 0.972. The van der Waals surface area contributed by atoms with Gasteiger partial charge < -0.3 is 4.48 Å². The summed E-state index contributed by atoms with van der Waals surface area (Å²) in [5, 5.41) is 0. The Morgan fingerprint density at radius 3 is 2.50 bits per heavy atom. The quantitative estimate of drug-likeness (QED) is 0.453. The van der Waals surface area contributed by atoms with E-state index in [9.17, 15) is 0 Å². The van der Waals surface area contributed by atoms with E-state index in [1.165, 1.54) is 36.8 Å². The predicted molar refractivity (Wildman–Crippen MR) is 44.9 cm³/mol. The van der Waals surface area contributed by atoms with Crippen LogP contribution in [0.15, 0.2) is 0 Å². The van der Waals surface area contributed by atoms with E-state index in [0.717, 1.165) is 5.92 Å². The zero-order valence-corrected chi connectivity index (χ0v) is 7.56. The molecule has 0 spiro atoms. The van der Waals surface area contributed by atoms with Crippen molar-refractivity contribution >= 4 is 0 Å². The van der Waals surface area contributed by atoms with Crippen LogP contribution >= 0.6 is 0 Å². The van der Waals surface area contributed by atoms with E-state index in [2.05, 4.69) is 21.0 Å². The fourth-order valence-electron chi connectivity index (χ4n) is 1.69. The molecular weight excluding hydrogens is 122 g/mol. The number of likely N-dealkylation sites (tertiary alicyclic amines) is 1. The van der Waals surface area contributed by atoms with Crippen LogP contribution in [0, 0.1) is 5.92 Å². The second-order valence-corrected chi connectivity index (χ2v) is 4.42. The molecule has 0 aromatic carbocycles. The minimum Gasteiger partial charge on any atom is -0.328 e. The van der Waals surface area contributed by atoms with Gasteiger partial charge in [-0.2, -0.15) is 0 Å². The maximum Gasteiger partial charge on any atom is 0.0785 e. The third-order valence-corrected chi connectivity index (χ3v) is 2.69. The van der Waals surface area contributed by atoms with Gasteiger partial charge in [0.05, 0.1) is 27.2 Å². The Hall–Kier alpha value is -0.0400. The topological polar surface area (TPSA) is 0 Å². The first-order chi connectivity index (χ1) is 4.60. The fraction of sp³-hybridized carbons (Fsp3) is 1.00. The van der Waals surface area contributed by atoms with Crippen LogP contribution in [-0.4, -0.2) is 31.7 Å². The highest BCUT2D eigenvalue weighted by molar-refractivity contribution is 4.56. The van der Waals surface area contributed by atoms with Crippen molar-refractivity contribution in [3.05, 3.63) is 0 Å². The summed E-state index contributed by atoms with van der Waals surface area (Å²) in [6, 6.07) is 0. The van der Waals surface area contributed by atoms with E-state index in [-0.39, 0.29) is 0 Å². The van der Waals surface area contributed by atoms with Crippen molar-refractivity contribution in [2.24, 2.45) is 5.92 Å². The van der Waals surface area contributed by atoms with Crippen molar-refractivity contribution in [1.82, 2.24) is 0 Å². The molecule has 0 radical (unpaired) electrons. The van der Waals surface area contributed by atoms with E-state index in [1.54, 1.807) is 0 Å². The molecule has 0 N–H and O–H groups in total. The molecule has 1 aliphatic heterocycles. The standard InChI is InChI=1S/C9H20N/c1-9-5-4-7-10(2,3)8-6-9/h9H,4-8H2,1-3H3/q+1. The maximum absolute atomic E-state index is 2.38. The highest BCUT2D eigenvalue weighted by Crippen LogP contribution is 2.18. The van der Waals surface area contributed by atoms with Gasteiger partial charge in [-0.15, -0.1) is 0 Å². The second-order valence-electron chi connectivity index (χ2n) is 4.42. The third kappa shape index (κ3) is 2.30. The number of hydrogen-bond donors (Lipinski definition) is 0. The third-order valence-electron chi connectivity index (χ3n) is 2.69. The van der Waals surface area contributed by atoms with Gasteiger partial charge in [0.1, 0.15) is 0 Å². The van der Waals surface area contributed by atoms with Crippen LogP contribution in [0.1, 0.15) is 26.2 Å². The molecule has 10 heavy (non-hydrogen) atoms. The van der Waals surface area contributed by atoms with E-state index < -0.39 is 0 Å². The predicted octanol–water partition coefficient (Wildman–Crippen LogP) is 1.88. The molecule has 0 aromatic rings. The molecule has 1 rings (SSSR count). The number of hydrogen-bond acceptors (Lipinski definition) is 0. The first kappa shape index (κ1) is 8.06. The van der Waals surface area contributed by atoms with Crippen LogP contribution < -0.4 is 0 Å². The number of quaternary nitrogens is 1. The smallest absolute Gasteiger partial charge is 0.0785 e. The Balaban J connectivity index is 2.41. The minimum absolute atomic E-state index is 0.972. The molecule has 1 heteroatoms. The van der Waals surface area contributed by atoms with Gasteiger partial charge in [0.2, 0.25) is 0 Å². The van der Waals surface area contributed by atoms with Crippen LogP contribution in [0.4, 0.5) is 0 Å². The summed E-state index contributed by atoms with van der Waals surface area (Å²) in [4.78, 5) is 0. The van der Waals surface area contributed by atoms with Gasteiger partial charge in [-0.3, -0.25) is 0 Å². The molecule has 1 fully saturated rings. The summed E-state index contributed by atoms with van der Waals surface area (Å²) >= 11 is 0. The molecule has 1 atom stereocenters. The lowest BCUT2D eigenvalue weighted by Crippen LogP contribution is -2.40. The van der Waals surface area contributed by atoms with Crippen LogP contribution in [0.5, 0.6) is 0 Å². The molecule has 60 valence electrons. The Labute approximate surface area is 64.6 Å². The Kier molecular flexibility index (Phi) is 2.35. The van der Waals surface area contributed by atoms with Crippen LogP contribution in [-0.2, 0) is 0 Å². The Bertz CT molecular complexity index is 107. The fourth-order valence-corrected chi connectivity index (χ4v) is 1.69. The van der Waals surface area contributed by atoms with Gasteiger partial charge in [-0.1, -0.05) is 6.92 Å². The summed E-state index contributed by atoms with van der Waals surface area (Å²) in [6.45, 7) is 5.14. The molecule has 1 heterocycles. The van der Waals surface area contributed by atoms with Crippen molar-refractivity contribution in [2.75, 3.05) is 27.2 Å². The van der Waals surface area contributed by atoms with E-state index >= 15 is 0 Å². The Morgan fingerprint density at radius 2 is 1.80 bits per heavy atom. The van der Waals surface area contributed by atoms with E-state index in [0.29, 0.717) is 0 Å². The Morgan fingerprint density at radius 1 is 1.10 bits per heavy atom. The molecule has 0 aromatic heterocycles. The van der Waals surface area contributed by atoms with Crippen molar-refractivity contribution < 1.29 is 4.48 Å². The average Bonchev–Trinajstić information content (AvgIpc) is 1.94. The van der Waals surface area contributed by atoms with Crippen molar-refractivity contribution in [1.29, 1.82) is 0 Å². The van der Waals surface area contributed by atoms with Crippen molar-refractivity contribution in [3.8, 4) is 0 Å². The molecule has 0 aliphatic carbocycles. The SMILES string of the molecule is CC1CCC[N+](C)(C)CC1. The van der Waals surface area contributed by atoms with Crippen molar-refractivity contribution in [3.63, 3.8) is 0 Å². The van der Waals surface area contributed by atoms with Crippen LogP contribution in [0.3, 0.4) is 0 Å². The summed E-state index contributed by atoms with van der Waals surface area (Å²) in [5.41, 5.74) is 0. The highest BCUT2D eigenvalue weighted by atomic mass is 15.3. The molecule has 1 aliphatic rings. The lowest BCUT2D eigenvalue weighted by atomic mass is 10.0. The van der Waals surface area contributed by atoms with Gasteiger partial charge in [0.25, 0.3) is 0 Å². The summed E-state index contributed by atoms with van der Waals surface area (Å²) < 4.78 is 1.24. The minimum atomic E-state index is 0.972. The summed E-state index contributed by atoms with van der Waals surface area (Å²) in [6.07, 6.45) is 4.29. The zero-order valence-electron chi connectivity index (χ0n) is 7.56. The van der Waals surface area contributed by atoms with Gasteiger partial charge >= 0.3 is 0 Å². The zero-order chi connectivity index (χ0) is 7.61. The molecule has 0 amide bonds. The normalized spacial score (nSPS) is 33.3. The molecular formula is C9H20N+. The van der Waals surface area contributed by atoms with Crippen LogP contribution in [0.2, 0.25) is 0 Å².